The lowest BCUT2D eigenvalue weighted by Gasteiger charge is -2.26. The zero-order valence-corrected chi connectivity index (χ0v) is 13.6. The first kappa shape index (κ1) is 18.7. The van der Waals surface area contributed by atoms with Crippen molar-refractivity contribution >= 4 is 11.8 Å². The van der Waals surface area contributed by atoms with E-state index in [0.29, 0.717) is 11.4 Å². The lowest BCUT2D eigenvalue weighted by molar-refractivity contribution is -0.137. The number of aromatic nitrogens is 2. The van der Waals surface area contributed by atoms with Gasteiger partial charge in [-0.1, -0.05) is 12.1 Å². The first-order valence-corrected chi connectivity index (χ1v) is 7.31. The van der Waals surface area contributed by atoms with Gasteiger partial charge in [-0.25, -0.2) is 14.8 Å². The SMILES string of the molecule is CN(C)C(CNc1cnc(C(=O)O)cn1)c1cccc(C(F)(F)F)c1. The molecule has 0 aliphatic carbocycles. The molecule has 2 rings (SSSR count). The molecular formula is C16H17F3N4O2. The van der Waals surface area contributed by atoms with Crippen LogP contribution in [0.1, 0.15) is 27.7 Å². The average Bonchev–Trinajstić information content (AvgIpc) is 2.54. The van der Waals surface area contributed by atoms with Gasteiger partial charge in [0.05, 0.1) is 24.0 Å². The predicted molar refractivity (Wildman–Crippen MR) is 85.4 cm³/mol. The molecule has 1 aromatic heterocycles. The fraction of sp³-hybridized carbons (Fsp3) is 0.312. The number of rotatable bonds is 6. The molecule has 0 saturated carbocycles. The van der Waals surface area contributed by atoms with Crippen molar-refractivity contribution in [2.24, 2.45) is 0 Å². The molecule has 0 aliphatic rings. The third-order valence-corrected chi connectivity index (χ3v) is 3.57. The molecule has 0 fully saturated rings. The molecule has 2 N–H and O–H groups in total. The van der Waals surface area contributed by atoms with Gasteiger partial charge in [0.15, 0.2) is 5.69 Å². The number of carbonyl (C=O) groups is 1. The molecule has 25 heavy (non-hydrogen) atoms. The van der Waals surface area contributed by atoms with E-state index in [2.05, 4.69) is 15.3 Å². The standard InChI is InChI=1S/C16H17F3N4O2/c1-23(2)13(10-4-3-5-11(6-10)16(17,18)19)8-22-14-9-20-12(7-21-14)15(24)25/h3-7,9,13H,8H2,1-2H3,(H,21,22)(H,24,25). The van der Waals surface area contributed by atoms with E-state index in [1.807, 2.05) is 0 Å². The molecule has 1 heterocycles. The number of nitrogens with one attached hydrogen (secondary N) is 1. The first-order valence-electron chi connectivity index (χ1n) is 7.31. The number of carboxylic acids is 1. The van der Waals surface area contributed by atoms with Crippen LogP contribution in [-0.4, -0.2) is 46.6 Å². The lowest BCUT2D eigenvalue weighted by Crippen LogP contribution is -2.27. The maximum Gasteiger partial charge on any atom is 0.416 e. The molecule has 1 atom stereocenters. The summed E-state index contributed by atoms with van der Waals surface area (Å²) < 4.78 is 38.7. The molecule has 0 amide bonds. The van der Waals surface area contributed by atoms with Crippen LogP contribution in [0.15, 0.2) is 36.7 Å². The highest BCUT2D eigenvalue weighted by molar-refractivity contribution is 5.84. The molecule has 0 radical (unpaired) electrons. The Morgan fingerprint density at radius 1 is 1.28 bits per heavy atom. The van der Waals surface area contributed by atoms with E-state index in [9.17, 15) is 18.0 Å². The number of nitrogens with zero attached hydrogens (tertiary/aromatic N) is 3. The van der Waals surface area contributed by atoms with Gasteiger partial charge in [-0.2, -0.15) is 13.2 Å². The van der Waals surface area contributed by atoms with Crippen LogP contribution in [-0.2, 0) is 6.18 Å². The van der Waals surface area contributed by atoms with Crippen LogP contribution >= 0.6 is 0 Å². The molecule has 9 heteroatoms. The van der Waals surface area contributed by atoms with Gasteiger partial charge in [0.25, 0.3) is 0 Å². The van der Waals surface area contributed by atoms with Crippen molar-refractivity contribution in [3.8, 4) is 0 Å². The first-order chi connectivity index (χ1) is 11.7. The highest BCUT2D eigenvalue weighted by Crippen LogP contribution is 2.31. The van der Waals surface area contributed by atoms with Crippen molar-refractivity contribution in [3.05, 3.63) is 53.5 Å². The monoisotopic (exact) mass is 354 g/mol. The fourth-order valence-electron chi connectivity index (χ4n) is 2.25. The van der Waals surface area contributed by atoms with Crippen LogP contribution < -0.4 is 5.32 Å². The number of alkyl halides is 3. The average molecular weight is 354 g/mol. The van der Waals surface area contributed by atoms with Crippen molar-refractivity contribution in [1.82, 2.24) is 14.9 Å². The molecule has 134 valence electrons. The smallest absolute Gasteiger partial charge is 0.416 e. The zero-order valence-electron chi connectivity index (χ0n) is 13.6. The minimum absolute atomic E-state index is 0.187. The second kappa shape index (κ2) is 7.47. The molecule has 0 aliphatic heterocycles. The number of hydrogen-bond donors (Lipinski definition) is 2. The maximum absolute atomic E-state index is 12.9. The summed E-state index contributed by atoms with van der Waals surface area (Å²) in [4.78, 5) is 20.2. The molecule has 6 nitrogen and oxygen atoms in total. The summed E-state index contributed by atoms with van der Waals surface area (Å²) in [5.74, 6) is -0.849. The number of carboxylic acid groups (broad SMARTS) is 1. The van der Waals surface area contributed by atoms with Crippen LogP contribution in [0.2, 0.25) is 0 Å². The molecule has 0 bridgehead atoms. The molecular weight excluding hydrogens is 337 g/mol. The molecule has 1 unspecified atom stereocenters. The Balaban J connectivity index is 2.15. The zero-order chi connectivity index (χ0) is 18.6. The van der Waals surface area contributed by atoms with Crippen LogP contribution in [0.25, 0.3) is 0 Å². The number of hydrogen-bond acceptors (Lipinski definition) is 5. The van der Waals surface area contributed by atoms with Crippen molar-refractivity contribution in [2.45, 2.75) is 12.2 Å². The largest absolute Gasteiger partial charge is 0.476 e. The fourth-order valence-corrected chi connectivity index (χ4v) is 2.25. The van der Waals surface area contributed by atoms with Gasteiger partial charge in [-0.05, 0) is 31.8 Å². The summed E-state index contributed by atoms with van der Waals surface area (Å²) in [5.41, 5.74) is -0.391. The second-order valence-corrected chi connectivity index (χ2v) is 5.58. The number of benzene rings is 1. The van der Waals surface area contributed by atoms with E-state index in [4.69, 9.17) is 5.11 Å². The minimum Gasteiger partial charge on any atom is -0.476 e. The summed E-state index contributed by atoms with van der Waals surface area (Å²) in [6.07, 6.45) is -2.03. The third kappa shape index (κ3) is 4.90. The van der Waals surface area contributed by atoms with Gasteiger partial charge >= 0.3 is 12.1 Å². The van der Waals surface area contributed by atoms with E-state index >= 15 is 0 Å². The summed E-state index contributed by atoms with van der Waals surface area (Å²) in [7, 11) is 3.51. The van der Waals surface area contributed by atoms with Gasteiger partial charge < -0.3 is 15.3 Å². The van der Waals surface area contributed by atoms with Crippen LogP contribution in [0.5, 0.6) is 0 Å². The number of aromatic carboxylic acids is 1. The summed E-state index contributed by atoms with van der Waals surface area (Å²) in [6, 6.07) is 4.80. The molecule has 2 aromatic rings. The normalized spacial score (nSPS) is 12.9. The Morgan fingerprint density at radius 3 is 2.52 bits per heavy atom. The van der Waals surface area contributed by atoms with Gasteiger partial charge in [-0.15, -0.1) is 0 Å². The van der Waals surface area contributed by atoms with Crippen LogP contribution in [0.3, 0.4) is 0 Å². The Kier molecular flexibility index (Phi) is 5.58. The summed E-state index contributed by atoms with van der Waals surface area (Å²) >= 11 is 0. The Labute approximate surface area is 142 Å². The van der Waals surface area contributed by atoms with E-state index in [-0.39, 0.29) is 18.3 Å². The van der Waals surface area contributed by atoms with Gasteiger partial charge in [0.1, 0.15) is 5.82 Å². The summed E-state index contributed by atoms with van der Waals surface area (Å²) in [5, 5.41) is 11.7. The Morgan fingerprint density at radius 2 is 2.00 bits per heavy atom. The minimum atomic E-state index is -4.40. The van der Waals surface area contributed by atoms with Crippen LogP contribution in [0.4, 0.5) is 19.0 Å². The van der Waals surface area contributed by atoms with E-state index in [1.165, 1.54) is 12.3 Å². The Hall–Kier alpha value is -2.68. The van der Waals surface area contributed by atoms with Crippen molar-refractivity contribution in [2.75, 3.05) is 26.0 Å². The maximum atomic E-state index is 12.9. The topological polar surface area (TPSA) is 78.4 Å². The predicted octanol–water partition coefficient (Wildman–Crippen LogP) is 2.91. The van der Waals surface area contributed by atoms with Crippen molar-refractivity contribution in [1.29, 1.82) is 0 Å². The van der Waals surface area contributed by atoms with Gasteiger partial charge in [-0.3, -0.25) is 0 Å². The van der Waals surface area contributed by atoms with Crippen molar-refractivity contribution < 1.29 is 23.1 Å². The molecule has 1 aromatic carbocycles. The van der Waals surface area contributed by atoms with E-state index in [0.717, 1.165) is 18.3 Å². The molecule has 0 saturated heterocycles. The highest BCUT2D eigenvalue weighted by atomic mass is 19.4. The number of likely N-dealkylation sites (N-methyl/N-ethyl adjacent to an activating group) is 1. The van der Waals surface area contributed by atoms with Gasteiger partial charge in [0.2, 0.25) is 0 Å². The number of halogens is 3. The highest BCUT2D eigenvalue weighted by Gasteiger charge is 2.31. The van der Waals surface area contributed by atoms with E-state index < -0.39 is 17.7 Å². The third-order valence-electron chi connectivity index (χ3n) is 3.57. The van der Waals surface area contributed by atoms with Crippen LogP contribution in [0, 0.1) is 0 Å². The van der Waals surface area contributed by atoms with Gasteiger partial charge in [0, 0.05) is 6.54 Å². The second-order valence-electron chi connectivity index (χ2n) is 5.58. The lowest BCUT2D eigenvalue weighted by atomic mass is 10.0. The van der Waals surface area contributed by atoms with E-state index in [1.54, 1.807) is 25.1 Å². The Bertz CT molecular complexity index is 733. The summed E-state index contributed by atoms with van der Waals surface area (Å²) in [6.45, 7) is 0.273. The van der Waals surface area contributed by atoms with Crippen molar-refractivity contribution in [3.63, 3.8) is 0 Å². The number of anilines is 1. The molecule has 0 spiro atoms. The quantitative estimate of drug-likeness (QED) is 0.831.